The molecule has 0 saturated heterocycles. The normalized spacial score (nSPS) is 11.5. The molecule has 0 spiro atoms. The van der Waals surface area contributed by atoms with Crippen LogP contribution < -0.4 is 0 Å². The molecule has 0 aliphatic carbocycles. The van der Waals surface area contributed by atoms with Crippen LogP contribution in [0, 0.1) is 0 Å². The molecule has 162 valence electrons. The Morgan fingerprint density at radius 3 is 1.82 bits per heavy atom. The van der Waals surface area contributed by atoms with Crippen LogP contribution in [0.5, 0.6) is 0 Å². The summed E-state index contributed by atoms with van der Waals surface area (Å²) in [6.45, 7) is 0. The quantitative estimate of drug-likeness (QED) is 0.286. The Balaban J connectivity index is 1.66. The lowest BCUT2D eigenvalue weighted by Gasteiger charge is -2.11. The molecule has 0 aliphatic rings. The minimum absolute atomic E-state index is 0.0113. The number of aromatic nitrogens is 2. The fraction of sp³-hybridized carbons (Fsp3) is 0.0370. The van der Waals surface area contributed by atoms with E-state index < -0.39 is 11.7 Å². The summed E-state index contributed by atoms with van der Waals surface area (Å²) in [6, 6.07) is 29.5. The topological polar surface area (TPSA) is 38.9 Å². The second kappa shape index (κ2) is 8.39. The van der Waals surface area contributed by atoms with Gasteiger partial charge in [0.05, 0.1) is 11.3 Å². The van der Waals surface area contributed by atoms with Gasteiger partial charge in [-0.05, 0) is 24.3 Å². The highest BCUT2D eigenvalue weighted by Gasteiger charge is 2.34. The minimum Gasteiger partial charge on any atom is -0.456 e. The van der Waals surface area contributed by atoms with Crippen LogP contribution in [0.1, 0.15) is 5.56 Å². The van der Waals surface area contributed by atoms with Crippen LogP contribution in [0.3, 0.4) is 0 Å². The van der Waals surface area contributed by atoms with Crippen molar-refractivity contribution < 1.29 is 17.6 Å². The molecule has 5 rings (SSSR count). The second-order valence-electron chi connectivity index (χ2n) is 7.43. The molecule has 6 heteroatoms. The summed E-state index contributed by atoms with van der Waals surface area (Å²) in [4.78, 5) is 0. The van der Waals surface area contributed by atoms with Crippen molar-refractivity contribution in [2.45, 2.75) is 6.18 Å². The molecule has 3 nitrogen and oxygen atoms in total. The number of rotatable bonds is 4. The van der Waals surface area contributed by atoms with Crippen molar-refractivity contribution in [3.63, 3.8) is 0 Å². The van der Waals surface area contributed by atoms with Crippen molar-refractivity contribution in [2.75, 3.05) is 0 Å². The van der Waals surface area contributed by atoms with E-state index in [0.717, 1.165) is 17.2 Å². The van der Waals surface area contributed by atoms with Crippen LogP contribution in [0.4, 0.5) is 13.2 Å². The van der Waals surface area contributed by atoms with E-state index in [1.165, 1.54) is 12.1 Å². The Labute approximate surface area is 188 Å². The lowest BCUT2D eigenvalue weighted by atomic mass is 10.0. The van der Waals surface area contributed by atoms with Crippen LogP contribution in [-0.4, -0.2) is 10.2 Å². The van der Waals surface area contributed by atoms with Crippen LogP contribution in [0.15, 0.2) is 108 Å². The Morgan fingerprint density at radius 2 is 1.15 bits per heavy atom. The van der Waals surface area contributed by atoms with Gasteiger partial charge < -0.3 is 4.42 Å². The van der Waals surface area contributed by atoms with E-state index in [4.69, 9.17) is 4.42 Å². The summed E-state index contributed by atoms with van der Waals surface area (Å²) in [6.07, 6.45) is -4.49. The average Bonchev–Trinajstić information content (AvgIpc) is 3.34. The zero-order valence-corrected chi connectivity index (χ0v) is 17.3. The van der Waals surface area contributed by atoms with Crippen LogP contribution in [0.25, 0.3) is 45.2 Å². The number of nitrogens with zero attached hydrogens (tertiary/aromatic N) is 2. The number of alkyl halides is 3. The minimum atomic E-state index is -4.49. The number of furan rings is 1. The van der Waals surface area contributed by atoms with Gasteiger partial charge in [-0.1, -0.05) is 78.9 Å². The van der Waals surface area contributed by atoms with Gasteiger partial charge >= 0.3 is 6.18 Å². The monoisotopic (exact) mass is 442 g/mol. The van der Waals surface area contributed by atoms with Crippen molar-refractivity contribution >= 4 is 0 Å². The molecule has 0 N–H and O–H groups in total. The number of benzene rings is 3. The molecule has 0 atom stereocenters. The molecule has 0 saturated carbocycles. The van der Waals surface area contributed by atoms with Crippen molar-refractivity contribution in [3.8, 4) is 45.2 Å². The van der Waals surface area contributed by atoms with Gasteiger partial charge in [-0.25, -0.2) is 0 Å². The fourth-order valence-electron chi connectivity index (χ4n) is 3.71. The third-order valence-corrected chi connectivity index (χ3v) is 5.28. The first-order valence-electron chi connectivity index (χ1n) is 10.3. The average molecular weight is 442 g/mol. The van der Waals surface area contributed by atoms with Crippen molar-refractivity contribution in [3.05, 3.63) is 109 Å². The summed E-state index contributed by atoms with van der Waals surface area (Å²) in [5, 5.41) is 8.83. The lowest BCUT2D eigenvalue weighted by molar-refractivity contribution is -0.137. The molecule has 3 aromatic carbocycles. The Hall–Kier alpha value is -4.19. The molecule has 0 fully saturated rings. The molecule has 2 aromatic heterocycles. The van der Waals surface area contributed by atoms with Crippen LogP contribution in [0.2, 0.25) is 0 Å². The van der Waals surface area contributed by atoms with Gasteiger partial charge in [-0.3, -0.25) is 0 Å². The Morgan fingerprint density at radius 1 is 0.576 bits per heavy atom. The fourth-order valence-corrected chi connectivity index (χ4v) is 3.71. The van der Waals surface area contributed by atoms with E-state index >= 15 is 0 Å². The maximum absolute atomic E-state index is 13.5. The molecular formula is C27H17F3N2O. The Bertz CT molecular complexity index is 1390. The smallest absolute Gasteiger partial charge is 0.417 e. The summed E-state index contributed by atoms with van der Waals surface area (Å²) in [5.74, 6) is 0.544. The van der Waals surface area contributed by atoms with Crippen molar-refractivity contribution in [2.24, 2.45) is 0 Å². The van der Waals surface area contributed by atoms with Gasteiger partial charge in [0.1, 0.15) is 17.2 Å². The zero-order valence-electron chi connectivity index (χ0n) is 17.3. The maximum atomic E-state index is 13.5. The maximum Gasteiger partial charge on any atom is 0.417 e. The molecule has 0 radical (unpaired) electrons. The summed E-state index contributed by atoms with van der Waals surface area (Å²) in [7, 11) is 0. The molecule has 33 heavy (non-hydrogen) atoms. The first-order valence-corrected chi connectivity index (χ1v) is 10.3. The Kier molecular flexibility index (Phi) is 5.26. The highest BCUT2D eigenvalue weighted by molar-refractivity contribution is 5.81. The van der Waals surface area contributed by atoms with E-state index in [1.54, 1.807) is 18.2 Å². The highest BCUT2D eigenvalue weighted by atomic mass is 19.4. The zero-order chi connectivity index (χ0) is 22.8. The predicted octanol–water partition coefficient (Wildman–Crippen LogP) is 7.76. The van der Waals surface area contributed by atoms with E-state index in [0.29, 0.717) is 22.7 Å². The number of halogens is 3. The van der Waals surface area contributed by atoms with Gasteiger partial charge in [-0.15, -0.1) is 10.2 Å². The standard InChI is InChI=1S/C27H17F3N2O/c28-27(29,30)22-14-8-7-13-20(22)24-15-16-25(33-24)21-17-23(18-9-3-1-4-10-18)31-32-26(21)19-11-5-2-6-12-19/h1-17H. The summed E-state index contributed by atoms with van der Waals surface area (Å²) < 4.78 is 46.6. The molecule has 0 amide bonds. The van der Waals surface area contributed by atoms with Crippen molar-refractivity contribution in [1.82, 2.24) is 10.2 Å². The third-order valence-electron chi connectivity index (χ3n) is 5.28. The molecule has 5 aromatic rings. The van der Waals surface area contributed by atoms with E-state index in [2.05, 4.69) is 10.2 Å². The van der Waals surface area contributed by atoms with Crippen molar-refractivity contribution in [1.29, 1.82) is 0 Å². The first kappa shape index (κ1) is 20.7. The van der Waals surface area contributed by atoms with E-state index in [9.17, 15) is 13.2 Å². The van der Waals surface area contributed by atoms with E-state index in [-0.39, 0.29) is 11.3 Å². The lowest BCUT2D eigenvalue weighted by Crippen LogP contribution is -2.06. The number of hydrogen-bond donors (Lipinski definition) is 0. The highest BCUT2D eigenvalue weighted by Crippen LogP contribution is 2.40. The predicted molar refractivity (Wildman–Crippen MR) is 121 cm³/mol. The van der Waals surface area contributed by atoms with Crippen LogP contribution in [-0.2, 0) is 6.18 Å². The van der Waals surface area contributed by atoms with E-state index in [1.807, 2.05) is 66.7 Å². The molecular weight excluding hydrogens is 425 g/mol. The van der Waals surface area contributed by atoms with Gasteiger partial charge in [0.25, 0.3) is 0 Å². The SMILES string of the molecule is FC(F)(F)c1ccccc1-c1ccc(-c2cc(-c3ccccc3)nnc2-c2ccccc2)o1. The molecule has 2 heterocycles. The van der Waals surface area contributed by atoms with Gasteiger partial charge in [-0.2, -0.15) is 13.2 Å². The largest absolute Gasteiger partial charge is 0.456 e. The first-order chi connectivity index (χ1) is 16.0. The summed E-state index contributed by atoms with van der Waals surface area (Å²) in [5.41, 5.74) is 2.81. The summed E-state index contributed by atoms with van der Waals surface area (Å²) >= 11 is 0. The van der Waals surface area contributed by atoms with Gasteiger partial charge in [0.2, 0.25) is 0 Å². The molecule has 0 unspecified atom stereocenters. The van der Waals surface area contributed by atoms with Gasteiger partial charge in [0.15, 0.2) is 0 Å². The molecule has 0 bridgehead atoms. The van der Waals surface area contributed by atoms with Crippen LogP contribution >= 0.6 is 0 Å². The number of hydrogen-bond acceptors (Lipinski definition) is 3. The second-order valence-corrected chi connectivity index (χ2v) is 7.43. The third kappa shape index (κ3) is 4.15. The molecule has 0 aliphatic heterocycles. The van der Waals surface area contributed by atoms with Gasteiger partial charge in [0, 0.05) is 22.3 Å².